The van der Waals surface area contributed by atoms with Crippen LogP contribution in [0, 0.1) is 0 Å². The summed E-state index contributed by atoms with van der Waals surface area (Å²) >= 11 is 17.3. The average molecular weight is 302 g/mol. The summed E-state index contributed by atoms with van der Waals surface area (Å²) in [6, 6.07) is 2.81. The lowest BCUT2D eigenvalue weighted by Crippen LogP contribution is -2.45. The minimum absolute atomic E-state index is 0.0337. The van der Waals surface area contributed by atoms with Crippen molar-refractivity contribution in [3.8, 4) is 0 Å². The Labute approximate surface area is 108 Å². The first kappa shape index (κ1) is 12.3. The highest BCUT2D eigenvalue weighted by Gasteiger charge is 2.30. The maximum absolute atomic E-state index is 11.8. The largest absolute Gasteiger partial charge is 0.366 e. The Hall–Kier alpha value is -0.200. The molecule has 0 fully saturated rings. The molecule has 1 aliphatic rings. The van der Waals surface area contributed by atoms with Gasteiger partial charge in [0, 0.05) is 5.02 Å². The summed E-state index contributed by atoms with van der Waals surface area (Å²) in [5.74, 6) is 0.0949. The van der Waals surface area contributed by atoms with Gasteiger partial charge in [0.15, 0.2) is 0 Å². The summed E-state index contributed by atoms with van der Waals surface area (Å²) in [4.78, 5) is 0.0337. The van der Waals surface area contributed by atoms with Crippen molar-refractivity contribution in [3.63, 3.8) is 0 Å². The molecule has 0 saturated heterocycles. The van der Waals surface area contributed by atoms with Crippen LogP contribution >= 0.6 is 34.8 Å². The van der Waals surface area contributed by atoms with Gasteiger partial charge in [0.1, 0.15) is 11.1 Å². The average Bonchev–Trinajstić information content (AvgIpc) is 2.18. The zero-order valence-corrected chi connectivity index (χ0v) is 10.9. The zero-order chi connectivity index (χ0) is 11.9. The Morgan fingerprint density at radius 1 is 1.31 bits per heavy atom. The SMILES string of the molecule is O=S1(=O)NC(CCl)Nc2c(Cl)cc(Cl)cc21. The smallest absolute Gasteiger partial charge is 0.244 e. The van der Waals surface area contributed by atoms with E-state index in [0.717, 1.165) is 0 Å². The first-order valence-electron chi connectivity index (χ1n) is 4.28. The van der Waals surface area contributed by atoms with Crippen LogP contribution in [0.5, 0.6) is 0 Å². The van der Waals surface area contributed by atoms with Gasteiger partial charge in [-0.05, 0) is 12.1 Å². The second-order valence-corrected chi connectivity index (χ2v) is 6.07. The molecule has 8 heteroatoms. The van der Waals surface area contributed by atoms with Crippen molar-refractivity contribution in [1.29, 1.82) is 0 Å². The maximum Gasteiger partial charge on any atom is 0.244 e. The Balaban J connectivity index is 2.64. The third-order valence-electron chi connectivity index (χ3n) is 2.08. The molecule has 1 aromatic carbocycles. The molecule has 1 aliphatic heterocycles. The molecule has 16 heavy (non-hydrogen) atoms. The fourth-order valence-electron chi connectivity index (χ4n) is 1.43. The molecular weight excluding hydrogens is 295 g/mol. The summed E-state index contributed by atoms with van der Waals surface area (Å²) < 4.78 is 26.0. The van der Waals surface area contributed by atoms with Gasteiger partial charge in [-0.1, -0.05) is 23.2 Å². The van der Waals surface area contributed by atoms with E-state index < -0.39 is 16.2 Å². The molecule has 0 aromatic heterocycles. The molecule has 2 rings (SSSR count). The topological polar surface area (TPSA) is 58.2 Å². The van der Waals surface area contributed by atoms with E-state index >= 15 is 0 Å². The van der Waals surface area contributed by atoms with Crippen molar-refractivity contribution in [2.45, 2.75) is 11.1 Å². The fraction of sp³-hybridized carbons (Fsp3) is 0.250. The van der Waals surface area contributed by atoms with Crippen molar-refractivity contribution < 1.29 is 8.42 Å². The lowest BCUT2D eigenvalue weighted by molar-refractivity contribution is 0.566. The molecule has 0 saturated carbocycles. The summed E-state index contributed by atoms with van der Waals surface area (Å²) in [7, 11) is -3.61. The second kappa shape index (κ2) is 4.23. The molecule has 0 aliphatic carbocycles. The Kier molecular flexibility index (Phi) is 3.25. The van der Waals surface area contributed by atoms with Crippen LogP contribution in [0.3, 0.4) is 0 Å². The van der Waals surface area contributed by atoms with Crippen molar-refractivity contribution in [3.05, 3.63) is 22.2 Å². The van der Waals surface area contributed by atoms with Gasteiger partial charge in [-0.15, -0.1) is 11.6 Å². The molecule has 2 N–H and O–H groups in total. The molecule has 4 nitrogen and oxygen atoms in total. The number of hydrogen-bond acceptors (Lipinski definition) is 3. The number of alkyl halides is 1. The van der Waals surface area contributed by atoms with E-state index in [0.29, 0.717) is 5.69 Å². The molecule has 0 spiro atoms. The molecule has 1 atom stereocenters. The minimum Gasteiger partial charge on any atom is -0.366 e. The number of sulfonamides is 1. The van der Waals surface area contributed by atoms with E-state index in [2.05, 4.69) is 10.0 Å². The number of hydrogen-bond donors (Lipinski definition) is 2. The van der Waals surface area contributed by atoms with Crippen molar-refractivity contribution in [1.82, 2.24) is 4.72 Å². The van der Waals surface area contributed by atoms with Crippen molar-refractivity contribution in [2.75, 3.05) is 11.2 Å². The van der Waals surface area contributed by atoms with Gasteiger partial charge in [-0.3, -0.25) is 0 Å². The summed E-state index contributed by atoms with van der Waals surface area (Å²) in [6.45, 7) is 0. The van der Waals surface area contributed by atoms with Gasteiger partial charge in [0.05, 0.1) is 16.6 Å². The summed E-state index contributed by atoms with van der Waals surface area (Å²) in [5, 5.41) is 3.40. The minimum atomic E-state index is -3.61. The van der Waals surface area contributed by atoms with Crippen LogP contribution < -0.4 is 10.0 Å². The Morgan fingerprint density at radius 3 is 2.62 bits per heavy atom. The lowest BCUT2D eigenvalue weighted by atomic mass is 10.3. The standard InChI is InChI=1S/C8H7Cl3N2O2S/c9-3-7-12-8-5(11)1-4(10)2-6(8)16(14,15)13-7/h1-2,7,12-13H,3H2. The summed E-state index contributed by atoms with van der Waals surface area (Å²) in [6.07, 6.45) is -0.571. The highest BCUT2D eigenvalue weighted by molar-refractivity contribution is 7.89. The van der Waals surface area contributed by atoms with E-state index in [1.54, 1.807) is 0 Å². The quantitative estimate of drug-likeness (QED) is 0.782. The maximum atomic E-state index is 11.8. The van der Waals surface area contributed by atoms with Gasteiger partial charge in [-0.25, -0.2) is 8.42 Å². The van der Waals surface area contributed by atoms with Gasteiger partial charge in [-0.2, -0.15) is 4.72 Å². The van der Waals surface area contributed by atoms with Crippen LogP contribution in [0.15, 0.2) is 17.0 Å². The van der Waals surface area contributed by atoms with Crippen LogP contribution in [0.25, 0.3) is 0 Å². The molecule has 0 bridgehead atoms. The monoisotopic (exact) mass is 300 g/mol. The van der Waals surface area contributed by atoms with E-state index in [1.807, 2.05) is 0 Å². The number of benzene rings is 1. The van der Waals surface area contributed by atoms with Gasteiger partial charge < -0.3 is 5.32 Å². The van der Waals surface area contributed by atoms with E-state index in [-0.39, 0.29) is 20.8 Å². The molecule has 0 amide bonds. The molecular formula is C8H7Cl3N2O2S. The third-order valence-corrected chi connectivity index (χ3v) is 4.40. The summed E-state index contributed by atoms with van der Waals surface area (Å²) in [5.41, 5.74) is 0.329. The molecule has 0 radical (unpaired) electrons. The lowest BCUT2D eigenvalue weighted by Gasteiger charge is -2.27. The molecule has 1 heterocycles. The number of anilines is 1. The Morgan fingerprint density at radius 2 is 2.00 bits per heavy atom. The number of nitrogens with one attached hydrogen (secondary N) is 2. The van der Waals surface area contributed by atoms with Crippen molar-refractivity contribution in [2.24, 2.45) is 0 Å². The van der Waals surface area contributed by atoms with E-state index in [1.165, 1.54) is 12.1 Å². The number of rotatable bonds is 1. The van der Waals surface area contributed by atoms with Gasteiger partial charge in [0.25, 0.3) is 0 Å². The first-order chi connectivity index (χ1) is 7.44. The first-order valence-corrected chi connectivity index (χ1v) is 7.05. The van der Waals surface area contributed by atoms with Crippen LogP contribution in [-0.4, -0.2) is 20.5 Å². The Bertz CT molecular complexity index is 532. The highest BCUT2D eigenvalue weighted by atomic mass is 35.5. The predicted octanol–water partition coefficient (Wildman–Crippen LogP) is 2.26. The highest BCUT2D eigenvalue weighted by Crippen LogP contribution is 2.35. The second-order valence-electron chi connectivity index (χ2n) is 3.23. The van der Waals surface area contributed by atoms with Gasteiger partial charge in [0.2, 0.25) is 10.0 Å². The van der Waals surface area contributed by atoms with Crippen LogP contribution in [0.4, 0.5) is 5.69 Å². The zero-order valence-electron chi connectivity index (χ0n) is 7.80. The number of halogens is 3. The van der Waals surface area contributed by atoms with Crippen molar-refractivity contribution >= 4 is 50.5 Å². The van der Waals surface area contributed by atoms with Crippen LogP contribution in [0.1, 0.15) is 0 Å². The predicted molar refractivity (Wildman–Crippen MR) is 64.9 cm³/mol. The van der Waals surface area contributed by atoms with Crippen LogP contribution in [-0.2, 0) is 10.0 Å². The van der Waals surface area contributed by atoms with E-state index in [9.17, 15) is 8.42 Å². The van der Waals surface area contributed by atoms with Gasteiger partial charge >= 0.3 is 0 Å². The molecule has 1 unspecified atom stereocenters. The fourth-order valence-corrected chi connectivity index (χ4v) is 3.70. The van der Waals surface area contributed by atoms with E-state index in [4.69, 9.17) is 34.8 Å². The third kappa shape index (κ3) is 2.10. The number of fused-ring (bicyclic) bond motifs is 1. The van der Waals surface area contributed by atoms with Crippen LogP contribution in [0.2, 0.25) is 10.0 Å². The normalized spacial score (nSPS) is 22.3. The molecule has 88 valence electrons. The molecule has 1 aromatic rings.